The van der Waals surface area contributed by atoms with Gasteiger partial charge in [-0.15, -0.1) is 0 Å². The van der Waals surface area contributed by atoms with Crippen molar-refractivity contribution in [3.63, 3.8) is 0 Å². The summed E-state index contributed by atoms with van der Waals surface area (Å²) >= 11 is 1.49. The molecule has 0 fully saturated rings. The minimum atomic E-state index is -0.0458. The van der Waals surface area contributed by atoms with Gasteiger partial charge in [0.05, 0.1) is 0 Å². The van der Waals surface area contributed by atoms with Gasteiger partial charge in [0, 0.05) is 13.1 Å². The molecule has 0 aliphatic carbocycles. The molecule has 0 amide bonds. The number of benzene rings is 1. The van der Waals surface area contributed by atoms with Crippen LogP contribution < -0.4 is 10.1 Å². The highest BCUT2D eigenvalue weighted by molar-refractivity contribution is 7.98. The van der Waals surface area contributed by atoms with Gasteiger partial charge in [0.2, 0.25) is 5.88 Å². The van der Waals surface area contributed by atoms with Gasteiger partial charge < -0.3 is 10.1 Å². The van der Waals surface area contributed by atoms with Gasteiger partial charge in [-0.05, 0) is 18.7 Å². The first-order valence-electron chi connectivity index (χ1n) is 6.05. The van der Waals surface area contributed by atoms with E-state index in [0.717, 1.165) is 11.4 Å². The fourth-order valence-electron chi connectivity index (χ4n) is 1.66. The Morgan fingerprint density at radius 3 is 2.58 bits per heavy atom. The third kappa shape index (κ3) is 3.61. The summed E-state index contributed by atoms with van der Waals surface area (Å²) in [7, 11) is 1.83. The van der Waals surface area contributed by atoms with Crippen LogP contribution >= 0.6 is 11.8 Å². The second kappa shape index (κ2) is 6.43. The van der Waals surface area contributed by atoms with Crippen LogP contribution in [0.25, 0.3) is 0 Å². The van der Waals surface area contributed by atoms with Crippen LogP contribution in [-0.4, -0.2) is 23.3 Å². The number of hydrogen-bond donors (Lipinski definition) is 1. The second-order valence-corrected chi connectivity index (χ2v) is 4.77. The normalized spacial score (nSPS) is 11.9. The zero-order chi connectivity index (χ0) is 13.7. The van der Waals surface area contributed by atoms with Gasteiger partial charge in [0.15, 0.2) is 5.16 Å². The number of nitrogens with one attached hydrogen (secondary N) is 1. The molecule has 0 aliphatic rings. The minimum Gasteiger partial charge on any atom is -0.470 e. The smallest absolute Gasteiger partial charge is 0.220 e. The van der Waals surface area contributed by atoms with Gasteiger partial charge in [-0.2, -0.15) is 4.98 Å². The fourth-order valence-corrected chi connectivity index (χ4v) is 2.03. The summed E-state index contributed by atoms with van der Waals surface area (Å²) in [5.74, 6) is 1.34. The minimum absolute atomic E-state index is 0.0458. The molecule has 1 aromatic heterocycles. The van der Waals surface area contributed by atoms with E-state index < -0.39 is 0 Å². The average Bonchev–Trinajstić information content (AvgIpc) is 2.47. The van der Waals surface area contributed by atoms with Crippen molar-refractivity contribution in [3.8, 4) is 5.88 Å². The highest BCUT2D eigenvalue weighted by Gasteiger charge is 2.10. The lowest BCUT2D eigenvalue weighted by atomic mass is 10.1. The van der Waals surface area contributed by atoms with Crippen LogP contribution in [-0.2, 0) is 0 Å². The third-order valence-corrected chi connectivity index (χ3v) is 3.24. The van der Waals surface area contributed by atoms with E-state index in [1.165, 1.54) is 11.8 Å². The molecular formula is C14H17N3OS. The summed E-state index contributed by atoms with van der Waals surface area (Å²) in [4.78, 5) is 8.67. The van der Waals surface area contributed by atoms with Crippen LogP contribution in [0.1, 0.15) is 18.6 Å². The van der Waals surface area contributed by atoms with Crippen molar-refractivity contribution in [1.82, 2.24) is 9.97 Å². The van der Waals surface area contributed by atoms with Gasteiger partial charge in [-0.25, -0.2) is 4.98 Å². The summed E-state index contributed by atoms with van der Waals surface area (Å²) in [6, 6.07) is 11.9. The highest BCUT2D eigenvalue weighted by atomic mass is 32.2. The molecule has 0 bridgehead atoms. The van der Waals surface area contributed by atoms with E-state index in [4.69, 9.17) is 4.74 Å². The van der Waals surface area contributed by atoms with Crippen LogP contribution in [0.3, 0.4) is 0 Å². The maximum absolute atomic E-state index is 5.88. The van der Waals surface area contributed by atoms with E-state index in [2.05, 4.69) is 15.3 Å². The molecule has 5 heteroatoms. The van der Waals surface area contributed by atoms with Crippen molar-refractivity contribution in [2.75, 3.05) is 18.6 Å². The Kier molecular flexibility index (Phi) is 4.63. The van der Waals surface area contributed by atoms with E-state index >= 15 is 0 Å². The molecule has 0 spiro atoms. The van der Waals surface area contributed by atoms with Crippen LogP contribution in [0.2, 0.25) is 0 Å². The van der Waals surface area contributed by atoms with Gasteiger partial charge in [0.1, 0.15) is 11.9 Å². The number of nitrogens with zero attached hydrogens (tertiary/aromatic N) is 2. The summed E-state index contributed by atoms with van der Waals surface area (Å²) < 4.78 is 5.88. The Labute approximate surface area is 117 Å². The Morgan fingerprint density at radius 1 is 1.21 bits per heavy atom. The highest BCUT2D eigenvalue weighted by Crippen LogP contribution is 2.23. The number of rotatable bonds is 5. The predicted molar refractivity (Wildman–Crippen MR) is 78.8 cm³/mol. The molecule has 1 unspecified atom stereocenters. The molecule has 4 nitrogen and oxygen atoms in total. The van der Waals surface area contributed by atoms with Crippen LogP contribution in [0.15, 0.2) is 41.6 Å². The summed E-state index contributed by atoms with van der Waals surface area (Å²) in [5.41, 5.74) is 1.12. The van der Waals surface area contributed by atoms with Crippen LogP contribution in [0.4, 0.5) is 5.82 Å². The number of aromatic nitrogens is 2. The zero-order valence-corrected chi connectivity index (χ0v) is 12.1. The standard InChI is InChI=1S/C14H17N3OS/c1-10(11-7-5-4-6-8-11)18-13-9-12(15-2)16-14(17-13)19-3/h4-10H,1-3H3,(H,15,16,17). The first kappa shape index (κ1) is 13.7. The summed E-state index contributed by atoms with van der Waals surface area (Å²) in [6.07, 6.45) is 1.90. The quantitative estimate of drug-likeness (QED) is 0.669. The number of anilines is 1. The van der Waals surface area contributed by atoms with Gasteiger partial charge >= 0.3 is 0 Å². The van der Waals surface area contributed by atoms with Crippen molar-refractivity contribution in [1.29, 1.82) is 0 Å². The lowest BCUT2D eigenvalue weighted by Gasteiger charge is -2.15. The topological polar surface area (TPSA) is 47.0 Å². The SMILES string of the molecule is CNc1cc(OC(C)c2ccccc2)nc(SC)n1. The lowest BCUT2D eigenvalue weighted by Crippen LogP contribution is -2.06. The average molecular weight is 275 g/mol. The van der Waals surface area contributed by atoms with E-state index in [9.17, 15) is 0 Å². The van der Waals surface area contributed by atoms with Crippen molar-refractivity contribution in [2.24, 2.45) is 0 Å². The first-order chi connectivity index (χ1) is 9.22. The van der Waals surface area contributed by atoms with E-state index in [1.807, 2.05) is 50.6 Å². The van der Waals surface area contributed by atoms with Crippen molar-refractivity contribution in [3.05, 3.63) is 42.0 Å². The van der Waals surface area contributed by atoms with E-state index in [1.54, 1.807) is 6.07 Å². The Bertz CT molecular complexity index is 511. The molecule has 1 aromatic carbocycles. The third-order valence-electron chi connectivity index (χ3n) is 2.69. The van der Waals surface area contributed by atoms with Gasteiger partial charge in [-0.1, -0.05) is 42.1 Å². The largest absolute Gasteiger partial charge is 0.470 e. The maximum atomic E-state index is 5.88. The number of hydrogen-bond acceptors (Lipinski definition) is 5. The Morgan fingerprint density at radius 2 is 1.95 bits per heavy atom. The molecule has 0 saturated carbocycles. The Balaban J connectivity index is 2.18. The number of thioether (sulfide) groups is 1. The summed E-state index contributed by atoms with van der Waals surface area (Å²) in [5, 5.41) is 3.71. The van der Waals surface area contributed by atoms with Gasteiger partial charge in [0.25, 0.3) is 0 Å². The molecular weight excluding hydrogens is 258 g/mol. The first-order valence-corrected chi connectivity index (χ1v) is 7.28. The summed E-state index contributed by atoms with van der Waals surface area (Å²) in [6.45, 7) is 2.01. The molecule has 19 heavy (non-hydrogen) atoms. The molecule has 2 aromatic rings. The predicted octanol–water partition coefficient (Wildman–Crippen LogP) is 3.38. The molecule has 0 aliphatic heterocycles. The van der Waals surface area contributed by atoms with Crippen LogP contribution in [0.5, 0.6) is 5.88 Å². The van der Waals surface area contributed by atoms with Crippen molar-refractivity contribution >= 4 is 17.6 Å². The van der Waals surface area contributed by atoms with Gasteiger partial charge in [-0.3, -0.25) is 0 Å². The zero-order valence-electron chi connectivity index (χ0n) is 11.3. The monoisotopic (exact) mass is 275 g/mol. The fraction of sp³-hybridized carbons (Fsp3) is 0.286. The Hall–Kier alpha value is -1.75. The molecule has 1 heterocycles. The second-order valence-electron chi connectivity index (χ2n) is 4.00. The molecule has 2 rings (SSSR count). The molecule has 1 N–H and O–H groups in total. The maximum Gasteiger partial charge on any atom is 0.220 e. The molecule has 0 radical (unpaired) electrons. The molecule has 0 saturated heterocycles. The molecule has 1 atom stereocenters. The lowest BCUT2D eigenvalue weighted by molar-refractivity contribution is 0.215. The molecule has 100 valence electrons. The van der Waals surface area contributed by atoms with Crippen LogP contribution in [0, 0.1) is 0 Å². The number of ether oxygens (including phenoxy) is 1. The van der Waals surface area contributed by atoms with E-state index in [-0.39, 0.29) is 6.10 Å². The van der Waals surface area contributed by atoms with Crippen molar-refractivity contribution in [2.45, 2.75) is 18.2 Å². The van der Waals surface area contributed by atoms with Crippen molar-refractivity contribution < 1.29 is 4.74 Å². The van der Waals surface area contributed by atoms with E-state index in [0.29, 0.717) is 11.0 Å².